The molecule has 1 fully saturated rings. The molecule has 1 aliphatic heterocycles. The van der Waals surface area contributed by atoms with Gasteiger partial charge in [0.25, 0.3) is 0 Å². The van der Waals surface area contributed by atoms with E-state index in [1.807, 2.05) is 13.0 Å². The Bertz CT molecular complexity index is 503. The van der Waals surface area contributed by atoms with Crippen LogP contribution in [0.1, 0.15) is 25.5 Å². The van der Waals surface area contributed by atoms with Crippen LogP contribution >= 0.6 is 12.2 Å². The average molecular weight is 323 g/mol. The van der Waals surface area contributed by atoms with Gasteiger partial charge in [-0.3, -0.25) is 0 Å². The number of hydrogen-bond acceptors (Lipinski definition) is 5. The molecule has 0 saturated carbocycles. The van der Waals surface area contributed by atoms with Crippen LogP contribution in [0.2, 0.25) is 0 Å². The van der Waals surface area contributed by atoms with Crippen LogP contribution < -0.4 is 15.5 Å². The van der Waals surface area contributed by atoms with Crippen molar-refractivity contribution in [2.24, 2.45) is 5.92 Å². The summed E-state index contributed by atoms with van der Waals surface area (Å²) in [6, 6.07) is 2.03. The van der Waals surface area contributed by atoms with Crippen molar-refractivity contribution < 1.29 is 4.74 Å². The number of aromatic nitrogens is 2. The fourth-order valence-corrected chi connectivity index (χ4v) is 2.61. The van der Waals surface area contributed by atoms with Gasteiger partial charge in [-0.05, 0) is 37.9 Å². The molecule has 0 aliphatic carbocycles. The number of hydrogen-bond donors (Lipinski definition) is 2. The third-order valence-corrected chi connectivity index (χ3v) is 4.01. The van der Waals surface area contributed by atoms with Gasteiger partial charge in [-0.1, -0.05) is 6.92 Å². The zero-order valence-corrected chi connectivity index (χ0v) is 14.4. The lowest BCUT2D eigenvalue weighted by atomic mass is 9.99. The monoisotopic (exact) mass is 323 g/mol. The largest absolute Gasteiger partial charge is 0.383 e. The third kappa shape index (κ3) is 5.06. The van der Waals surface area contributed by atoms with Crippen LogP contribution in [-0.2, 0) is 4.74 Å². The van der Waals surface area contributed by atoms with E-state index in [1.165, 1.54) is 12.8 Å². The summed E-state index contributed by atoms with van der Waals surface area (Å²) in [6.45, 7) is 7.64. The second kappa shape index (κ2) is 8.24. The first-order valence-electron chi connectivity index (χ1n) is 7.73. The molecule has 6 nitrogen and oxygen atoms in total. The van der Waals surface area contributed by atoms with Gasteiger partial charge < -0.3 is 20.3 Å². The van der Waals surface area contributed by atoms with Crippen molar-refractivity contribution in [2.45, 2.75) is 26.7 Å². The molecule has 0 amide bonds. The van der Waals surface area contributed by atoms with E-state index in [9.17, 15) is 0 Å². The molecule has 22 heavy (non-hydrogen) atoms. The van der Waals surface area contributed by atoms with Crippen molar-refractivity contribution >= 4 is 29.1 Å². The van der Waals surface area contributed by atoms with E-state index in [4.69, 9.17) is 17.0 Å². The molecule has 0 spiro atoms. The quantitative estimate of drug-likeness (QED) is 0.634. The maximum Gasteiger partial charge on any atom is 0.231 e. The summed E-state index contributed by atoms with van der Waals surface area (Å²) in [5, 5.41) is 6.62. The minimum absolute atomic E-state index is 0.515. The van der Waals surface area contributed by atoms with E-state index in [-0.39, 0.29) is 0 Å². The van der Waals surface area contributed by atoms with E-state index < -0.39 is 0 Å². The number of thiocarbonyl (C=S) groups is 1. The molecule has 7 heteroatoms. The summed E-state index contributed by atoms with van der Waals surface area (Å²) in [5.74, 6) is 2.32. The van der Waals surface area contributed by atoms with Gasteiger partial charge in [-0.15, -0.1) is 0 Å². The van der Waals surface area contributed by atoms with E-state index in [0.29, 0.717) is 24.2 Å². The highest BCUT2D eigenvalue weighted by Crippen LogP contribution is 2.22. The van der Waals surface area contributed by atoms with Crippen LogP contribution in [0.5, 0.6) is 0 Å². The molecule has 0 atom stereocenters. The zero-order valence-electron chi connectivity index (χ0n) is 13.6. The molecule has 122 valence electrons. The van der Waals surface area contributed by atoms with Crippen LogP contribution in [-0.4, -0.2) is 48.4 Å². The Balaban J connectivity index is 1.99. The fourth-order valence-electron chi connectivity index (χ4n) is 2.42. The Kier molecular flexibility index (Phi) is 6.33. The van der Waals surface area contributed by atoms with Crippen LogP contribution in [0, 0.1) is 12.8 Å². The Morgan fingerprint density at radius 2 is 2.14 bits per heavy atom. The van der Waals surface area contributed by atoms with Gasteiger partial charge in [0.1, 0.15) is 5.82 Å². The first kappa shape index (κ1) is 16.9. The molecule has 0 radical (unpaired) electrons. The number of rotatable bonds is 5. The third-order valence-electron chi connectivity index (χ3n) is 3.77. The number of anilines is 2. The molecule has 0 aromatic carbocycles. The minimum Gasteiger partial charge on any atom is -0.383 e. The Morgan fingerprint density at radius 3 is 2.82 bits per heavy atom. The van der Waals surface area contributed by atoms with Gasteiger partial charge in [0.05, 0.1) is 6.61 Å². The average Bonchev–Trinajstić information content (AvgIpc) is 2.47. The molecule has 1 aromatic heterocycles. The highest BCUT2D eigenvalue weighted by atomic mass is 32.1. The van der Waals surface area contributed by atoms with Crippen molar-refractivity contribution in [3.8, 4) is 0 Å². The number of ether oxygens (including phenoxy) is 1. The summed E-state index contributed by atoms with van der Waals surface area (Å²) in [6.07, 6.45) is 2.42. The maximum atomic E-state index is 5.24. The summed E-state index contributed by atoms with van der Waals surface area (Å²) >= 11 is 5.24. The van der Waals surface area contributed by atoms with Crippen LogP contribution in [0.25, 0.3) is 0 Å². The highest BCUT2D eigenvalue weighted by Gasteiger charge is 2.18. The molecule has 0 unspecified atom stereocenters. The van der Waals surface area contributed by atoms with Crippen LogP contribution in [0.4, 0.5) is 11.8 Å². The topological polar surface area (TPSA) is 62.3 Å². The summed E-state index contributed by atoms with van der Waals surface area (Å²) in [4.78, 5) is 11.3. The first-order chi connectivity index (χ1) is 10.6. The molecule has 2 rings (SSSR count). The molecule has 2 heterocycles. The molecule has 1 aliphatic rings. The van der Waals surface area contributed by atoms with Gasteiger partial charge in [0.2, 0.25) is 5.95 Å². The number of nitrogens with one attached hydrogen (secondary N) is 2. The van der Waals surface area contributed by atoms with Crippen LogP contribution in [0.3, 0.4) is 0 Å². The van der Waals surface area contributed by atoms with Crippen molar-refractivity contribution in [2.75, 3.05) is 43.6 Å². The molecular weight excluding hydrogens is 298 g/mol. The Morgan fingerprint density at radius 1 is 1.41 bits per heavy atom. The number of methoxy groups -OCH3 is 1. The Labute approximate surface area is 137 Å². The summed E-state index contributed by atoms with van der Waals surface area (Å²) in [5.41, 5.74) is 0.936. The maximum absolute atomic E-state index is 5.24. The van der Waals surface area contributed by atoms with Crippen molar-refractivity contribution in [1.29, 1.82) is 0 Å². The van der Waals surface area contributed by atoms with Gasteiger partial charge in [0.15, 0.2) is 5.11 Å². The summed E-state index contributed by atoms with van der Waals surface area (Å²) in [7, 11) is 1.66. The van der Waals surface area contributed by atoms with E-state index in [2.05, 4.69) is 32.4 Å². The molecular formula is C15H25N5OS. The predicted molar refractivity (Wildman–Crippen MR) is 93.5 cm³/mol. The van der Waals surface area contributed by atoms with E-state index >= 15 is 0 Å². The molecule has 1 saturated heterocycles. The van der Waals surface area contributed by atoms with Crippen molar-refractivity contribution in [1.82, 2.24) is 15.3 Å². The Hall–Kier alpha value is -1.47. The van der Waals surface area contributed by atoms with E-state index in [0.717, 1.165) is 30.5 Å². The SMILES string of the molecule is COCCNC(=S)Nc1nc(C)cc(N2CCC(C)CC2)n1. The van der Waals surface area contributed by atoms with Crippen molar-refractivity contribution in [3.63, 3.8) is 0 Å². The van der Waals surface area contributed by atoms with Gasteiger partial charge >= 0.3 is 0 Å². The van der Waals surface area contributed by atoms with Gasteiger partial charge in [-0.25, -0.2) is 4.98 Å². The second-order valence-corrected chi connectivity index (χ2v) is 6.14. The standard InChI is InChI=1S/C15H25N5OS/c1-11-4-7-20(8-5-11)13-10-12(2)17-14(18-13)19-15(22)16-6-9-21-3/h10-11H,4-9H2,1-3H3,(H2,16,17,18,19,22). The summed E-state index contributed by atoms with van der Waals surface area (Å²) < 4.78 is 4.98. The number of nitrogens with zero attached hydrogens (tertiary/aromatic N) is 3. The van der Waals surface area contributed by atoms with Gasteiger partial charge in [0, 0.05) is 38.5 Å². The molecule has 1 aromatic rings. The zero-order chi connectivity index (χ0) is 15.9. The predicted octanol–water partition coefficient (Wildman–Crippen LogP) is 1.95. The lowest BCUT2D eigenvalue weighted by Gasteiger charge is -2.31. The second-order valence-electron chi connectivity index (χ2n) is 5.73. The van der Waals surface area contributed by atoms with Gasteiger partial charge in [-0.2, -0.15) is 4.98 Å². The highest BCUT2D eigenvalue weighted by molar-refractivity contribution is 7.80. The molecule has 0 bridgehead atoms. The lowest BCUT2D eigenvalue weighted by molar-refractivity contribution is 0.204. The van der Waals surface area contributed by atoms with E-state index in [1.54, 1.807) is 7.11 Å². The minimum atomic E-state index is 0.515. The smallest absolute Gasteiger partial charge is 0.231 e. The normalized spacial score (nSPS) is 15.7. The first-order valence-corrected chi connectivity index (χ1v) is 8.13. The molecule has 2 N–H and O–H groups in total. The van der Waals surface area contributed by atoms with Crippen LogP contribution in [0.15, 0.2) is 6.07 Å². The van der Waals surface area contributed by atoms with Crippen molar-refractivity contribution in [3.05, 3.63) is 11.8 Å². The fraction of sp³-hybridized carbons (Fsp3) is 0.667. The number of piperidine rings is 1. The lowest BCUT2D eigenvalue weighted by Crippen LogP contribution is -2.34. The number of aryl methyl sites for hydroxylation is 1.